The lowest BCUT2D eigenvalue weighted by Crippen LogP contribution is -2.44. The minimum absolute atomic E-state index is 0.0277. The maximum Gasteiger partial charge on any atom is 0.242 e. The number of anilines is 2. The quantitative estimate of drug-likeness (QED) is 0.653. The first-order valence-corrected chi connectivity index (χ1v) is 4.99. The second-order valence-electron chi connectivity index (χ2n) is 3.55. The van der Waals surface area contributed by atoms with Crippen molar-refractivity contribution in [2.75, 3.05) is 17.6 Å². The average molecular weight is 225 g/mol. The Hall–Kier alpha value is -1.92. The molecule has 1 aromatic rings. The van der Waals surface area contributed by atoms with Gasteiger partial charge in [0.25, 0.3) is 0 Å². The molecule has 0 spiro atoms. The number of piperidine rings is 1. The Bertz CT molecular complexity index is 411. The average Bonchev–Trinajstić information content (AvgIpc) is 2.27. The second-order valence-corrected chi connectivity index (χ2v) is 3.55. The number of halogens is 1. The maximum atomic E-state index is 13.3. The fraction of sp³-hybridized carbons (Fsp3) is 0.444. The van der Waals surface area contributed by atoms with Gasteiger partial charge in [0, 0.05) is 6.54 Å². The van der Waals surface area contributed by atoms with Crippen LogP contribution in [-0.4, -0.2) is 28.5 Å². The Balaban J connectivity index is 2.13. The first-order valence-electron chi connectivity index (χ1n) is 4.99. The number of nitrogens with one attached hydrogen (secondary N) is 2. The highest BCUT2D eigenvalue weighted by Crippen LogP contribution is 2.14. The zero-order valence-electron chi connectivity index (χ0n) is 8.53. The summed E-state index contributed by atoms with van der Waals surface area (Å²) in [4.78, 5) is 18.6. The molecule has 1 aliphatic rings. The van der Waals surface area contributed by atoms with Crippen LogP contribution in [0.3, 0.4) is 0 Å². The normalized spacial score (nSPS) is 20.3. The van der Waals surface area contributed by atoms with Crippen molar-refractivity contribution in [1.82, 2.24) is 15.3 Å². The molecule has 1 saturated heterocycles. The molecule has 0 radical (unpaired) electrons. The predicted molar refractivity (Wildman–Crippen MR) is 56.1 cm³/mol. The van der Waals surface area contributed by atoms with Crippen LogP contribution < -0.4 is 16.4 Å². The van der Waals surface area contributed by atoms with Gasteiger partial charge in [-0.25, -0.2) is 9.37 Å². The summed E-state index contributed by atoms with van der Waals surface area (Å²) < 4.78 is 13.3. The summed E-state index contributed by atoms with van der Waals surface area (Å²) in [6.07, 6.45) is 2.48. The summed E-state index contributed by atoms with van der Waals surface area (Å²) in [6, 6.07) is -0.461. The zero-order chi connectivity index (χ0) is 11.5. The van der Waals surface area contributed by atoms with Gasteiger partial charge < -0.3 is 16.4 Å². The van der Waals surface area contributed by atoms with Gasteiger partial charge in [-0.1, -0.05) is 0 Å². The number of carbonyl (C=O) groups is 1. The van der Waals surface area contributed by atoms with Crippen LogP contribution in [0.15, 0.2) is 6.20 Å². The molecule has 4 N–H and O–H groups in total. The van der Waals surface area contributed by atoms with E-state index in [9.17, 15) is 9.18 Å². The van der Waals surface area contributed by atoms with Crippen molar-refractivity contribution in [1.29, 1.82) is 0 Å². The summed E-state index contributed by atoms with van der Waals surface area (Å²) in [5, 5.41) is 5.41. The predicted octanol–water partition coefficient (Wildman–Crippen LogP) is -0.112. The third kappa shape index (κ3) is 2.18. The van der Waals surface area contributed by atoms with Crippen molar-refractivity contribution < 1.29 is 9.18 Å². The Morgan fingerprint density at radius 2 is 2.44 bits per heavy atom. The van der Waals surface area contributed by atoms with Crippen molar-refractivity contribution in [2.24, 2.45) is 0 Å². The topological polar surface area (TPSA) is 92.9 Å². The lowest BCUT2D eigenvalue weighted by Gasteiger charge is -2.23. The highest BCUT2D eigenvalue weighted by Gasteiger charge is 2.23. The number of rotatable bonds is 2. The summed E-state index contributed by atoms with van der Waals surface area (Å²) in [5.41, 5.74) is 5.34. The number of hydrogen-bond acceptors (Lipinski definition) is 5. The van der Waals surface area contributed by atoms with E-state index >= 15 is 0 Å². The standard InChI is InChI=1S/C9H12FN5O/c10-5-4-13-9(11)15-7(5)14-6-2-1-3-12-8(6)16/h4,6H,1-3H2,(H,12,16)(H3,11,13,14,15). The van der Waals surface area contributed by atoms with Crippen LogP contribution in [0.4, 0.5) is 16.2 Å². The van der Waals surface area contributed by atoms with Gasteiger partial charge in [0.2, 0.25) is 11.9 Å². The fourth-order valence-corrected chi connectivity index (χ4v) is 1.56. The highest BCUT2D eigenvalue weighted by atomic mass is 19.1. The van der Waals surface area contributed by atoms with Gasteiger partial charge >= 0.3 is 0 Å². The number of nitrogens with two attached hydrogens (primary N) is 1. The Morgan fingerprint density at radius 1 is 1.62 bits per heavy atom. The van der Waals surface area contributed by atoms with E-state index in [1.54, 1.807) is 0 Å². The van der Waals surface area contributed by atoms with Gasteiger partial charge in [-0.15, -0.1) is 0 Å². The molecule has 1 fully saturated rings. The van der Waals surface area contributed by atoms with E-state index in [1.807, 2.05) is 0 Å². The molecule has 86 valence electrons. The van der Waals surface area contributed by atoms with E-state index in [1.165, 1.54) is 0 Å². The highest BCUT2D eigenvalue weighted by molar-refractivity contribution is 5.85. The Labute approximate surface area is 91.5 Å². The van der Waals surface area contributed by atoms with Crippen molar-refractivity contribution >= 4 is 17.7 Å². The molecule has 1 amide bonds. The number of nitrogens with zero attached hydrogens (tertiary/aromatic N) is 2. The number of aromatic nitrogens is 2. The minimum atomic E-state index is -0.618. The van der Waals surface area contributed by atoms with Gasteiger partial charge in [0.1, 0.15) is 6.04 Å². The van der Waals surface area contributed by atoms with E-state index < -0.39 is 11.9 Å². The second kappa shape index (κ2) is 4.30. The summed E-state index contributed by atoms with van der Waals surface area (Å²) >= 11 is 0. The molecule has 16 heavy (non-hydrogen) atoms. The van der Waals surface area contributed by atoms with E-state index in [2.05, 4.69) is 20.6 Å². The number of hydrogen-bond donors (Lipinski definition) is 3. The van der Waals surface area contributed by atoms with Crippen molar-refractivity contribution in [3.63, 3.8) is 0 Å². The Morgan fingerprint density at radius 3 is 3.19 bits per heavy atom. The van der Waals surface area contributed by atoms with Crippen LogP contribution in [0.1, 0.15) is 12.8 Å². The van der Waals surface area contributed by atoms with Gasteiger partial charge in [0.05, 0.1) is 6.20 Å². The molecule has 0 aliphatic carbocycles. The van der Waals surface area contributed by atoms with Gasteiger partial charge in [0.15, 0.2) is 11.6 Å². The van der Waals surface area contributed by atoms with Gasteiger partial charge in [-0.3, -0.25) is 4.79 Å². The summed E-state index contributed by atoms with van der Waals surface area (Å²) in [7, 11) is 0. The molecule has 1 atom stereocenters. The molecular formula is C9H12FN5O. The molecule has 7 heteroatoms. The summed E-state index contributed by atoms with van der Waals surface area (Å²) in [5.74, 6) is -0.829. The molecule has 0 aromatic carbocycles. The number of carbonyl (C=O) groups excluding carboxylic acids is 1. The van der Waals surface area contributed by atoms with E-state index in [-0.39, 0.29) is 17.7 Å². The maximum absolute atomic E-state index is 13.3. The molecular weight excluding hydrogens is 213 g/mol. The SMILES string of the molecule is Nc1ncc(F)c(NC2CCCNC2=O)n1. The van der Waals surface area contributed by atoms with Crippen molar-refractivity contribution in [2.45, 2.75) is 18.9 Å². The number of nitrogen functional groups attached to an aromatic ring is 1. The lowest BCUT2D eigenvalue weighted by atomic mass is 10.1. The van der Waals surface area contributed by atoms with Crippen LogP contribution in [0.25, 0.3) is 0 Å². The largest absolute Gasteiger partial charge is 0.368 e. The van der Waals surface area contributed by atoms with Crippen LogP contribution >= 0.6 is 0 Å². The van der Waals surface area contributed by atoms with Crippen molar-refractivity contribution in [3.05, 3.63) is 12.0 Å². The molecule has 2 heterocycles. The smallest absolute Gasteiger partial charge is 0.242 e. The van der Waals surface area contributed by atoms with Crippen LogP contribution in [0.2, 0.25) is 0 Å². The molecule has 1 aliphatic heterocycles. The van der Waals surface area contributed by atoms with Gasteiger partial charge in [-0.05, 0) is 12.8 Å². The van der Waals surface area contributed by atoms with E-state index in [4.69, 9.17) is 5.73 Å². The van der Waals surface area contributed by atoms with Crippen molar-refractivity contribution in [3.8, 4) is 0 Å². The molecule has 0 saturated carbocycles. The lowest BCUT2D eigenvalue weighted by molar-refractivity contribution is -0.123. The molecule has 6 nitrogen and oxygen atoms in total. The van der Waals surface area contributed by atoms with Crippen LogP contribution in [0.5, 0.6) is 0 Å². The van der Waals surface area contributed by atoms with Crippen LogP contribution in [-0.2, 0) is 4.79 Å². The molecule has 2 rings (SSSR count). The third-order valence-electron chi connectivity index (χ3n) is 2.36. The first kappa shape index (κ1) is 10.6. The Kier molecular flexibility index (Phi) is 2.84. The van der Waals surface area contributed by atoms with Gasteiger partial charge in [-0.2, -0.15) is 4.98 Å². The monoisotopic (exact) mass is 225 g/mol. The third-order valence-corrected chi connectivity index (χ3v) is 2.36. The minimum Gasteiger partial charge on any atom is -0.368 e. The molecule has 0 bridgehead atoms. The number of amides is 1. The fourth-order valence-electron chi connectivity index (χ4n) is 1.56. The molecule has 1 unspecified atom stereocenters. The van der Waals surface area contributed by atoms with E-state index in [0.717, 1.165) is 12.6 Å². The zero-order valence-corrected chi connectivity index (χ0v) is 8.53. The summed E-state index contributed by atoms with van der Waals surface area (Å²) in [6.45, 7) is 0.658. The molecule has 1 aromatic heterocycles. The first-order chi connectivity index (χ1) is 7.66. The van der Waals surface area contributed by atoms with E-state index in [0.29, 0.717) is 13.0 Å². The van der Waals surface area contributed by atoms with Crippen LogP contribution in [0, 0.1) is 5.82 Å².